The van der Waals surface area contributed by atoms with Crippen molar-refractivity contribution in [1.29, 1.82) is 0 Å². The molecule has 0 heterocycles. The Kier molecular flexibility index (Phi) is 5.79. The highest BCUT2D eigenvalue weighted by atomic mass is 79.9. The predicted octanol–water partition coefficient (Wildman–Crippen LogP) is 3.44. The normalized spacial score (nSPS) is 14.0. The van der Waals surface area contributed by atoms with E-state index in [2.05, 4.69) is 28.2 Å². The molecule has 1 aromatic rings. The summed E-state index contributed by atoms with van der Waals surface area (Å²) < 4.78 is 12.7. The van der Waals surface area contributed by atoms with Crippen LogP contribution in [0.5, 0.6) is 0 Å². The van der Waals surface area contributed by atoms with Crippen molar-refractivity contribution in [2.75, 3.05) is 5.33 Å². The Labute approximate surface area is 116 Å². The molecular formula is C14H19BrFNO. The zero-order chi connectivity index (χ0) is 13.6. The number of hydrogen-bond donors (Lipinski definition) is 1. The Morgan fingerprint density at radius 3 is 2.50 bits per heavy atom. The summed E-state index contributed by atoms with van der Waals surface area (Å²) in [6, 6.07) is 6.03. The number of hydrogen-bond acceptors (Lipinski definition) is 1. The molecule has 1 rings (SSSR count). The lowest BCUT2D eigenvalue weighted by atomic mass is 9.95. The summed E-state index contributed by atoms with van der Waals surface area (Å²) in [4.78, 5) is 11.9. The third-order valence-electron chi connectivity index (χ3n) is 3.15. The number of benzene rings is 1. The molecule has 18 heavy (non-hydrogen) atoms. The fraction of sp³-hybridized carbons (Fsp3) is 0.500. The number of alkyl halides is 1. The van der Waals surface area contributed by atoms with E-state index in [0.717, 1.165) is 23.7 Å². The van der Waals surface area contributed by atoms with Gasteiger partial charge in [-0.15, -0.1) is 0 Å². The van der Waals surface area contributed by atoms with Crippen LogP contribution in [0.3, 0.4) is 0 Å². The van der Waals surface area contributed by atoms with Gasteiger partial charge in [-0.2, -0.15) is 0 Å². The average molecular weight is 316 g/mol. The average Bonchev–Trinajstić information content (AvgIpc) is 2.32. The lowest BCUT2D eigenvalue weighted by Gasteiger charge is -2.29. The van der Waals surface area contributed by atoms with Gasteiger partial charge in [0.05, 0.1) is 6.42 Å². The maximum absolute atomic E-state index is 12.7. The second-order valence-corrected chi connectivity index (χ2v) is 5.50. The summed E-state index contributed by atoms with van der Waals surface area (Å²) >= 11 is 3.40. The Morgan fingerprint density at radius 1 is 1.39 bits per heavy atom. The zero-order valence-corrected chi connectivity index (χ0v) is 12.4. The number of amides is 1. The molecule has 1 aromatic carbocycles. The Balaban J connectivity index is 2.58. The predicted molar refractivity (Wildman–Crippen MR) is 75.4 cm³/mol. The van der Waals surface area contributed by atoms with Crippen LogP contribution in [0.2, 0.25) is 0 Å². The molecule has 0 saturated carbocycles. The first-order valence-corrected chi connectivity index (χ1v) is 7.22. The van der Waals surface area contributed by atoms with Crippen LogP contribution in [0, 0.1) is 5.82 Å². The van der Waals surface area contributed by atoms with Gasteiger partial charge in [0, 0.05) is 10.9 Å². The summed E-state index contributed by atoms with van der Waals surface area (Å²) in [6.07, 6.45) is 2.06. The van der Waals surface area contributed by atoms with Crippen molar-refractivity contribution in [2.45, 2.75) is 38.6 Å². The molecule has 0 bridgehead atoms. The second-order valence-electron chi connectivity index (χ2n) is 4.70. The van der Waals surface area contributed by atoms with E-state index in [1.165, 1.54) is 12.1 Å². The smallest absolute Gasteiger partial charge is 0.224 e. The number of carbonyl (C=O) groups excluding carboxylic acids is 1. The van der Waals surface area contributed by atoms with E-state index in [-0.39, 0.29) is 23.7 Å². The van der Waals surface area contributed by atoms with Crippen molar-refractivity contribution >= 4 is 21.8 Å². The van der Waals surface area contributed by atoms with E-state index in [0.29, 0.717) is 0 Å². The fourth-order valence-corrected chi connectivity index (χ4v) is 2.58. The molecule has 1 amide bonds. The topological polar surface area (TPSA) is 29.1 Å². The van der Waals surface area contributed by atoms with Gasteiger partial charge >= 0.3 is 0 Å². The third-order valence-corrected chi connectivity index (χ3v) is 3.54. The number of rotatable bonds is 6. The van der Waals surface area contributed by atoms with Gasteiger partial charge in [-0.1, -0.05) is 35.0 Å². The highest BCUT2D eigenvalue weighted by molar-refractivity contribution is 9.09. The number of carbonyl (C=O) groups is 1. The lowest BCUT2D eigenvalue weighted by Crippen LogP contribution is -2.46. The van der Waals surface area contributed by atoms with Gasteiger partial charge in [-0.25, -0.2) is 4.39 Å². The number of halogens is 2. The Hall–Kier alpha value is -0.900. The molecule has 2 nitrogen and oxygen atoms in total. The molecule has 1 atom stereocenters. The van der Waals surface area contributed by atoms with Crippen LogP contribution in [0.4, 0.5) is 4.39 Å². The van der Waals surface area contributed by atoms with Crippen molar-refractivity contribution in [3.8, 4) is 0 Å². The molecule has 0 radical (unpaired) electrons. The lowest BCUT2D eigenvalue weighted by molar-refractivity contribution is -0.122. The molecule has 4 heteroatoms. The van der Waals surface area contributed by atoms with Crippen molar-refractivity contribution < 1.29 is 9.18 Å². The molecule has 0 fully saturated rings. The van der Waals surface area contributed by atoms with Gasteiger partial charge in [0.25, 0.3) is 0 Å². The molecule has 0 spiro atoms. The molecule has 0 saturated heterocycles. The van der Waals surface area contributed by atoms with E-state index in [4.69, 9.17) is 0 Å². The second kappa shape index (κ2) is 6.88. The van der Waals surface area contributed by atoms with Crippen LogP contribution in [0.15, 0.2) is 24.3 Å². The highest BCUT2D eigenvalue weighted by Gasteiger charge is 2.23. The van der Waals surface area contributed by atoms with E-state index >= 15 is 0 Å². The van der Waals surface area contributed by atoms with Gasteiger partial charge in [-0.05, 0) is 37.5 Å². The van der Waals surface area contributed by atoms with Gasteiger partial charge < -0.3 is 5.32 Å². The number of nitrogens with one attached hydrogen (secondary N) is 1. The summed E-state index contributed by atoms with van der Waals surface area (Å²) in [7, 11) is 0. The molecule has 0 aliphatic carbocycles. The Morgan fingerprint density at radius 2 is 2.00 bits per heavy atom. The molecule has 0 aromatic heterocycles. The highest BCUT2D eigenvalue weighted by Crippen LogP contribution is 2.16. The largest absolute Gasteiger partial charge is 0.351 e. The van der Waals surface area contributed by atoms with Gasteiger partial charge in [0.2, 0.25) is 5.91 Å². The summed E-state index contributed by atoms with van der Waals surface area (Å²) in [5.41, 5.74) is 0.645. The van der Waals surface area contributed by atoms with Crippen molar-refractivity contribution in [3.63, 3.8) is 0 Å². The van der Waals surface area contributed by atoms with Crippen LogP contribution in [0.1, 0.15) is 32.3 Å². The van der Waals surface area contributed by atoms with Crippen molar-refractivity contribution in [3.05, 3.63) is 35.6 Å². The Bertz CT molecular complexity index is 393. The molecule has 100 valence electrons. The minimum absolute atomic E-state index is 0.0214. The minimum Gasteiger partial charge on any atom is -0.351 e. The monoisotopic (exact) mass is 315 g/mol. The van der Waals surface area contributed by atoms with Crippen LogP contribution in [-0.4, -0.2) is 16.8 Å². The summed E-state index contributed by atoms with van der Waals surface area (Å²) in [5, 5.41) is 3.90. The molecule has 0 aliphatic rings. The van der Waals surface area contributed by atoms with Gasteiger partial charge in [-0.3, -0.25) is 4.79 Å². The van der Waals surface area contributed by atoms with Gasteiger partial charge in [0.15, 0.2) is 0 Å². The first-order chi connectivity index (χ1) is 8.49. The van der Waals surface area contributed by atoms with E-state index in [1.807, 2.05) is 6.92 Å². The first kappa shape index (κ1) is 15.2. The zero-order valence-electron chi connectivity index (χ0n) is 10.8. The molecule has 1 unspecified atom stereocenters. The van der Waals surface area contributed by atoms with Crippen LogP contribution in [-0.2, 0) is 11.2 Å². The molecule has 1 N–H and O–H groups in total. The maximum atomic E-state index is 12.7. The fourth-order valence-electron chi connectivity index (χ4n) is 1.70. The minimum atomic E-state index is -0.281. The van der Waals surface area contributed by atoms with Crippen LogP contribution >= 0.6 is 15.9 Å². The van der Waals surface area contributed by atoms with Gasteiger partial charge in [0.1, 0.15) is 5.82 Å². The maximum Gasteiger partial charge on any atom is 0.224 e. The van der Waals surface area contributed by atoms with Crippen molar-refractivity contribution in [1.82, 2.24) is 5.32 Å². The SMILES string of the molecule is CCC(C)(CCBr)NC(=O)Cc1ccc(F)cc1. The van der Waals surface area contributed by atoms with Crippen molar-refractivity contribution in [2.24, 2.45) is 0 Å². The van der Waals surface area contributed by atoms with E-state index in [9.17, 15) is 9.18 Å². The summed E-state index contributed by atoms with van der Waals surface area (Å²) in [5.74, 6) is -0.302. The molecular weight excluding hydrogens is 297 g/mol. The quantitative estimate of drug-likeness (QED) is 0.800. The third kappa shape index (κ3) is 4.77. The first-order valence-electron chi connectivity index (χ1n) is 6.10. The van der Waals surface area contributed by atoms with E-state index < -0.39 is 0 Å². The standard InChI is InChI=1S/C14H19BrFNO/c1-3-14(2,8-9-15)17-13(18)10-11-4-6-12(16)7-5-11/h4-7H,3,8-10H2,1-2H3,(H,17,18). The van der Waals surface area contributed by atoms with Crippen LogP contribution < -0.4 is 5.32 Å². The van der Waals surface area contributed by atoms with E-state index in [1.54, 1.807) is 12.1 Å². The van der Waals surface area contributed by atoms with Crippen LogP contribution in [0.25, 0.3) is 0 Å². The summed E-state index contributed by atoms with van der Waals surface area (Å²) in [6.45, 7) is 4.09. The molecule has 0 aliphatic heterocycles.